The number of para-hydroxylation sites is 1. The number of carbonyl (C=O) groups is 1. The van der Waals surface area contributed by atoms with Crippen molar-refractivity contribution in [2.45, 2.75) is 64.2 Å². The number of rotatable bonds is 10. The van der Waals surface area contributed by atoms with Crippen molar-refractivity contribution in [2.24, 2.45) is 0 Å². The van der Waals surface area contributed by atoms with Crippen LogP contribution < -0.4 is 10.6 Å². The molecule has 2 heterocycles. The summed E-state index contributed by atoms with van der Waals surface area (Å²) in [5, 5.41) is 8.34. The molecule has 0 saturated carbocycles. The van der Waals surface area contributed by atoms with Gasteiger partial charge in [-0.05, 0) is 54.8 Å². The van der Waals surface area contributed by atoms with Gasteiger partial charge in [0.25, 0.3) is 0 Å². The average molecular weight is 507 g/mol. The molecule has 1 amide bonds. The Balaban J connectivity index is 1.64. The summed E-state index contributed by atoms with van der Waals surface area (Å²) in [5.74, 6) is 0.0923. The van der Waals surface area contributed by atoms with Crippen molar-refractivity contribution >= 4 is 11.6 Å². The number of hydrogen-bond donors (Lipinski definition) is 0. The van der Waals surface area contributed by atoms with Gasteiger partial charge in [-0.15, -0.1) is 0 Å². The third-order valence-corrected chi connectivity index (χ3v) is 7.58. The van der Waals surface area contributed by atoms with Crippen molar-refractivity contribution in [1.29, 1.82) is 0 Å². The third-order valence-electron chi connectivity index (χ3n) is 7.58. The summed E-state index contributed by atoms with van der Waals surface area (Å²) in [6.07, 6.45) is 1.93. The molecule has 0 N–H and O–H groups in total. The molecule has 1 saturated heterocycles. The molecular formula is C28H38N6O3. The molecule has 2 aromatic carbocycles. The second kappa shape index (κ2) is 11.8. The van der Waals surface area contributed by atoms with Crippen molar-refractivity contribution < 1.29 is 9.53 Å². The first-order valence-corrected chi connectivity index (χ1v) is 13.1. The SMILES string of the molecule is CCC(=O)N(c1ccccc1)C1(COC)CCN(C(C)C(c2ccccc2)n2nnn(CC)c2=O)CC1. The highest BCUT2D eigenvalue weighted by Crippen LogP contribution is 2.36. The lowest BCUT2D eigenvalue weighted by Crippen LogP contribution is -2.61. The van der Waals surface area contributed by atoms with E-state index in [-0.39, 0.29) is 23.7 Å². The van der Waals surface area contributed by atoms with E-state index >= 15 is 0 Å². The maximum Gasteiger partial charge on any atom is 0.364 e. The summed E-state index contributed by atoms with van der Waals surface area (Å²) in [4.78, 5) is 30.7. The normalized spacial score (nSPS) is 17.3. The summed E-state index contributed by atoms with van der Waals surface area (Å²) in [7, 11) is 1.70. The standard InChI is InChI=1S/C28H38N6O3/c1-5-25(35)33(24-15-11-8-12-16-24)28(21-37-4)17-19-31(20-18-28)22(3)26(23-13-9-7-10-14-23)34-27(36)32(6-2)29-30-34/h7-16,22,26H,5-6,17-21H2,1-4H3. The minimum Gasteiger partial charge on any atom is -0.382 e. The van der Waals surface area contributed by atoms with Crippen LogP contribution in [0.1, 0.15) is 51.6 Å². The molecule has 1 aliphatic heterocycles. The van der Waals surface area contributed by atoms with Crippen molar-refractivity contribution in [3.8, 4) is 0 Å². The number of carbonyl (C=O) groups excluding carboxylic acids is 1. The van der Waals surface area contributed by atoms with Gasteiger partial charge in [0.05, 0.1) is 18.2 Å². The molecule has 0 aliphatic carbocycles. The molecule has 2 unspecified atom stereocenters. The predicted octanol–water partition coefficient (Wildman–Crippen LogP) is 3.36. The Hall–Kier alpha value is -3.30. The molecule has 1 aromatic heterocycles. The van der Waals surface area contributed by atoms with E-state index in [0.29, 0.717) is 19.6 Å². The zero-order valence-electron chi connectivity index (χ0n) is 22.3. The quantitative estimate of drug-likeness (QED) is 0.419. The number of hydrogen-bond acceptors (Lipinski definition) is 6. The fourth-order valence-electron chi connectivity index (χ4n) is 5.60. The highest BCUT2D eigenvalue weighted by Gasteiger charge is 2.44. The summed E-state index contributed by atoms with van der Waals surface area (Å²) >= 11 is 0. The summed E-state index contributed by atoms with van der Waals surface area (Å²) in [6.45, 7) is 8.38. The third kappa shape index (κ3) is 5.38. The van der Waals surface area contributed by atoms with Crippen LogP contribution in [0.5, 0.6) is 0 Å². The smallest absolute Gasteiger partial charge is 0.364 e. The summed E-state index contributed by atoms with van der Waals surface area (Å²) < 4.78 is 8.61. The van der Waals surface area contributed by atoms with Crippen LogP contribution in [0.3, 0.4) is 0 Å². The monoisotopic (exact) mass is 506 g/mol. The van der Waals surface area contributed by atoms with Crippen molar-refractivity contribution in [3.63, 3.8) is 0 Å². The van der Waals surface area contributed by atoms with Crippen molar-refractivity contribution in [1.82, 2.24) is 24.7 Å². The van der Waals surface area contributed by atoms with E-state index in [9.17, 15) is 9.59 Å². The number of aryl methyl sites for hydroxylation is 1. The van der Waals surface area contributed by atoms with Gasteiger partial charge < -0.3 is 9.64 Å². The van der Waals surface area contributed by atoms with Crippen LogP contribution >= 0.6 is 0 Å². The molecule has 1 aliphatic rings. The van der Waals surface area contributed by atoms with E-state index in [1.807, 2.05) is 79.4 Å². The Bertz CT molecular complexity index is 1200. The summed E-state index contributed by atoms with van der Waals surface area (Å²) in [6, 6.07) is 19.6. The Morgan fingerprint density at radius 3 is 2.19 bits per heavy atom. The molecule has 1 fully saturated rings. The van der Waals surface area contributed by atoms with Crippen LogP contribution in [-0.4, -0.2) is 69.0 Å². The van der Waals surface area contributed by atoms with Gasteiger partial charge in [0.1, 0.15) is 0 Å². The van der Waals surface area contributed by atoms with Crippen LogP contribution in [0.15, 0.2) is 65.5 Å². The van der Waals surface area contributed by atoms with E-state index in [2.05, 4.69) is 22.3 Å². The zero-order valence-corrected chi connectivity index (χ0v) is 22.3. The maximum absolute atomic E-state index is 13.3. The Morgan fingerprint density at radius 2 is 1.65 bits per heavy atom. The van der Waals surface area contributed by atoms with Crippen molar-refractivity contribution in [3.05, 3.63) is 76.7 Å². The van der Waals surface area contributed by atoms with Crippen LogP contribution in [0.4, 0.5) is 5.69 Å². The van der Waals surface area contributed by atoms with Gasteiger partial charge in [-0.1, -0.05) is 55.5 Å². The number of nitrogens with zero attached hydrogens (tertiary/aromatic N) is 6. The number of aromatic nitrogens is 4. The molecule has 9 heteroatoms. The van der Waals surface area contributed by atoms with E-state index < -0.39 is 5.54 Å². The van der Waals surface area contributed by atoms with Crippen LogP contribution in [0.2, 0.25) is 0 Å². The summed E-state index contributed by atoms with van der Waals surface area (Å²) in [5.41, 5.74) is 1.26. The van der Waals surface area contributed by atoms with Gasteiger partial charge in [0.2, 0.25) is 5.91 Å². The van der Waals surface area contributed by atoms with Crippen molar-refractivity contribution in [2.75, 3.05) is 31.7 Å². The number of tetrazole rings is 1. The Labute approximate surface area is 218 Å². The van der Waals surface area contributed by atoms with E-state index in [0.717, 1.165) is 37.2 Å². The molecule has 0 bridgehead atoms. The molecule has 2 atom stereocenters. The van der Waals surface area contributed by atoms with Gasteiger partial charge in [-0.25, -0.2) is 4.79 Å². The van der Waals surface area contributed by atoms with E-state index in [1.165, 1.54) is 9.36 Å². The number of amides is 1. The Morgan fingerprint density at radius 1 is 1.03 bits per heavy atom. The van der Waals surface area contributed by atoms with Crippen LogP contribution in [-0.2, 0) is 16.1 Å². The van der Waals surface area contributed by atoms with Gasteiger partial charge in [0, 0.05) is 44.9 Å². The molecular weight excluding hydrogens is 468 g/mol. The first-order valence-electron chi connectivity index (χ1n) is 13.1. The second-order valence-electron chi connectivity index (χ2n) is 9.73. The highest BCUT2D eigenvalue weighted by atomic mass is 16.5. The molecule has 9 nitrogen and oxygen atoms in total. The second-order valence-corrected chi connectivity index (χ2v) is 9.73. The van der Waals surface area contributed by atoms with Crippen LogP contribution in [0, 0.1) is 0 Å². The number of ether oxygens (including phenoxy) is 1. The maximum atomic E-state index is 13.3. The Kier molecular flexibility index (Phi) is 8.56. The fraction of sp³-hybridized carbons (Fsp3) is 0.500. The number of benzene rings is 2. The van der Waals surface area contributed by atoms with Gasteiger partial charge >= 0.3 is 5.69 Å². The lowest BCUT2D eigenvalue weighted by Gasteiger charge is -2.50. The highest BCUT2D eigenvalue weighted by molar-refractivity contribution is 5.94. The lowest BCUT2D eigenvalue weighted by molar-refractivity contribution is -0.120. The zero-order chi connectivity index (χ0) is 26.4. The topological polar surface area (TPSA) is 85.5 Å². The molecule has 0 spiro atoms. The van der Waals surface area contributed by atoms with Crippen LogP contribution in [0.25, 0.3) is 0 Å². The minimum absolute atomic E-state index is 0.0188. The molecule has 37 heavy (non-hydrogen) atoms. The first-order chi connectivity index (χ1) is 18.0. The molecule has 0 radical (unpaired) electrons. The van der Waals surface area contributed by atoms with Gasteiger partial charge in [-0.3, -0.25) is 9.69 Å². The number of anilines is 1. The largest absolute Gasteiger partial charge is 0.382 e. The van der Waals surface area contributed by atoms with Gasteiger partial charge in [0.15, 0.2) is 0 Å². The minimum atomic E-state index is -0.441. The molecule has 198 valence electrons. The first kappa shape index (κ1) is 26.8. The van der Waals surface area contributed by atoms with E-state index in [1.54, 1.807) is 7.11 Å². The predicted molar refractivity (Wildman–Crippen MR) is 144 cm³/mol. The number of methoxy groups -OCH3 is 1. The molecule has 3 aromatic rings. The lowest BCUT2D eigenvalue weighted by atomic mass is 9.84. The van der Waals surface area contributed by atoms with E-state index in [4.69, 9.17) is 4.74 Å². The fourth-order valence-corrected chi connectivity index (χ4v) is 5.60. The number of piperidine rings is 1. The average Bonchev–Trinajstić information content (AvgIpc) is 3.30. The number of likely N-dealkylation sites (tertiary alicyclic amines) is 1. The molecule has 4 rings (SSSR count). The van der Waals surface area contributed by atoms with Gasteiger partial charge in [-0.2, -0.15) is 9.36 Å².